The lowest BCUT2D eigenvalue weighted by atomic mass is 9.89. The normalized spacial score (nSPS) is 12.8. The number of hydrogen-bond donors (Lipinski definition) is 0. The fraction of sp³-hybridized carbons (Fsp3) is 0.167. The Bertz CT molecular complexity index is 5190. The molecule has 0 aliphatic heterocycles. The summed E-state index contributed by atoms with van der Waals surface area (Å²) in [6, 6.07) is 52.3. The van der Waals surface area contributed by atoms with Gasteiger partial charge in [-0.05, 0) is 94.5 Å². The molecule has 0 atom stereocenters. The van der Waals surface area contributed by atoms with Crippen molar-refractivity contribution in [3.63, 3.8) is 0 Å². The highest BCUT2D eigenvalue weighted by Gasteiger charge is 2.33. The second kappa shape index (κ2) is 16.9. The van der Waals surface area contributed by atoms with Crippen molar-refractivity contribution in [1.82, 2.24) is 18.3 Å². The fourth-order valence-corrected chi connectivity index (χ4v) is 14.2. The van der Waals surface area contributed by atoms with Gasteiger partial charge in [0.1, 0.15) is 11.2 Å². The summed E-state index contributed by atoms with van der Waals surface area (Å²) in [6.45, 7) is 16.7. The molecule has 6 heterocycles. The van der Waals surface area contributed by atoms with Crippen LogP contribution in [0.3, 0.4) is 0 Å². The van der Waals surface area contributed by atoms with Gasteiger partial charge in [0.2, 0.25) is 0 Å². The maximum absolute atomic E-state index is 16.1. The number of hydrogen-bond acceptors (Lipinski definition) is 6. The zero-order valence-corrected chi connectivity index (χ0v) is 46.6. The van der Waals surface area contributed by atoms with Crippen LogP contribution in [0.2, 0.25) is 0 Å². The molecule has 16 rings (SSSR count). The molecule has 10 heteroatoms. The fourth-order valence-electron chi connectivity index (χ4n) is 14.2. The van der Waals surface area contributed by atoms with E-state index in [2.05, 4.69) is 113 Å². The Balaban J connectivity index is 1.19. The Labute approximate surface area is 467 Å². The van der Waals surface area contributed by atoms with Gasteiger partial charge in [0.15, 0.2) is 11.2 Å². The highest BCUT2D eigenvalue weighted by Crippen LogP contribution is 2.51. The van der Waals surface area contributed by atoms with Crippen LogP contribution < -0.4 is 22.2 Å². The van der Waals surface area contributed by atoms with E-state index in [1.54, 1.807) is 12.1 Å². The summed E-state index contributed by atoms with van der Waals surface area (Å²) in [5.41, 5.74) is 9.11. The molecule has 0 N–H and O–H groups in total. The maximum Gasteiger partial charge on any atom is 0.266 e. The second-order valence-corrected chi connectivity index (χ2v) is 23.7. The number of fused-ring (bicyclic) bond motifs is 6. The summed E-state index contributed by atoms with van der Waals surface area (Å²) in [7, 11) is 0. The SMILES string of the molecule is CC(C)c1cccc(C(C)C)c1-n1c(=O)c2cc(-n3c4ccccc4c4ccccc43)c3oc4cc5c(=O)n(-c6c(C(C)C)cccc6C(C)C)c(=O)c6cc(-n7c8ccccc8c8ccccc87)c7oc8cc(c1=O)c2c3c8c4c7c65. The molecule has 398 valence electrons. The van der Waals surface area contributed by atoms with Gasteiger partial charge < -0.3 is 18.0 Å². The van der Waals surface area contributed by atoms with E-state index in [-0.39, 0.29) is 34.4 Å². The lowest BCUT2D eigenvalue weighted by Crippen LogP contribution is -2.34. The van der Waals surface area contributed by atoms with Crippen molar-refractivity contribution in [2.24, 2.45) is 0 Å². The predicted octanol–water partition coefficient (Wildman–Crippen LogP) is 17.0. The van der Waals surface area contributed by atoms with Crippen LogP contribution in [0.4, 0.5) is 0 Å². The largest absolute Gasteiger partial charge is 0.454 e. The molecular weight excluding hydrogens is 1020 g/mol. The van der Waals surface area contributed by atoms with Crippen molar-refractivity contribution in [2.45, 2.75) is 79.1 Å². The Kier molecular flexibility index (Phi) is 9.91. The van der Waals surface area contributed by atoms with E-state index < -0.39 is 22.2 Å². The average molecular weight is 1070 g/mol. The smallest absolute Gasteiger partial charge is 0.266 e. The summed E-state index contributed by atoms with van der Waals surface area (Å²) >= 11 is 0. The molecule has 0 aliphatic rings. The molecule has 0 bridgehead atoms. The highest BCUT2D eigenvalue weighted by atomic mass is 16.3. The van der Waals surface area contributed by atoms with Crippen LogP contribution >= 0.6 is 0 Å². The topological polar surface area (TPSA) is 114 Å². The first kappa shape index (κ1) is 48.1. The molecule has 82 heavy (non-hydrogen) atoms. The van der Waals surface area contributed by atoms with Gasteiger partial charge in [-0.1, -0.05) is 165 Å². The van der Waals surface area contributed by atoms with E-state index >= 15 is 19.2 Å². The predicted molar refractivity (Wildman–Crippen MR) is 336 cm³/mol. The first-order chi connectivity index (χ1) is 39.7. The molecule has 6 aromatic heterocycles. The number of benzene rings is 10. The van der Waals surface area contributed by atoms with Crippen LogP contribution in [0.25, 0.3) is 143 Å². The van der Waals surface area contributed by atoms with Crippen molar-refractivity contribution in [1.29, 1.82) is 0 Å². The first-order valence-corrected chi connectivity index (χ1v) is 28.4. The van der Waals surface area contributed by atoms with Crippen LogP contribution in [0, 0.1) is 0 Å². The number of rotatable bonds is 8. The van der Waals surface area contributed by atoms with Crippen molar-refractivity contribution < 1.29 is 8.83 Å². The third kappa shape index (κ3) is 6.13. The number of nitrogens with zero attached hydrogens (tertiary/aromatic N) is 4. The first-order valence-electron chi connectivity index (χ1n) is 28.4. The standard InChI is InChI=1S/C72H54N4O6/c1-35(2)39-23-17-24-40(36(3)4)65(39)75-69(77)47-31-55(73-51-27-13-9-19-43(51)44-20-10-14-28-52(44)73)67-63-59(47)49(71(75)79)33-57-61(63)62-58(82-67)34-50-60-48(70(78)76(72(50)80)66-41(37(5)6)25-18-26-42(66)38(7)8)32-56(68(81-57)64(60)62)74-53-29-15-11-21-45(53)46-22-12-16-30-54(46)74/h9-38H,1-8H3. The van der Waals surface area contributed by atoms with Crippen molar-refractivity contribution in [3.8, 4) is 22.7 Å². The van der Waals surface area contributed by atoms with E-state index in [1.807, 2.05) is 97.1 Å². The lowest BCUT2D eigenvalue weighted by molar-refractivity contribution is 0.651. The summed E-state index contributed by atoms with van der Waals surface area (Å²) in [4.78, 5) is 64.3. The van der Waals surface area contributed by atoms with Gasteiger partial charge in [0.05, 0.1) is 66.4 Å². The zero-order chi connectivity index (χ0) is 56.0. The Morgan fingerprint density at radius 3 is 0.866 bits per heavy atom. The molecule has 10 aromatic carbocycles. The van der Waals surface area contributed by atoms with Gasteiger partial charge in [0.25, 0.3) is 22.2 Å². The summed E-state index contributed by atoms with van der Waals surface area (Å²) < 4.78 is 22.3. The molecule has 0 amide bonds. The van der Waals surface area contributed by atoms with Crippen molar-refractivity contribution in [2.75, 3.05) is 0 Å². The van der Waals surface area contributed by atoms with E-state index in [1.165, 1.54) is 9.13 Å². The van der Waals surface area contributed by atoms with Crippen molar-refractivity contribution >= 4 is 120 Å². The average Bonchev–Trinajstić information content (AvgIpc) is 0.824. The number of para-hydroxylation sites is 6. The molecule has 0 unspecified atom stereocenters. The van der Waals surface area contributed by atoms with Gasteiger partial charge >= 0.3 is 0 Å². The summed E-state index contributed by atoms with van der Waals surface area (Å²) in [5, 5.41) is 8.45. The van der Waals surface area contributed by atoms with Crippen LogP contribution in [0.5, 0.6) is 0 Å². The summed E-state index contributed by atoms with van der Waals surface area (Å²) in [6.07, 6.45) is 0. The van der Waals surface area contributed by atoms with E-state index in [9.17, 15) is 0 Å². The lowest BCUT2D eigenvalue weighted by Gasteiger charge is -2.24. The molecule has 0 aliphatic carbocycles. The Morgan fingerprint density at radius 2 is 0.573 bits per heavy atom. The van der Waals surface area contributed by atoms with Crippen LogP contribution in [-0.2, 0) is 0 Å². The van der Waals surface area contributed by atoms with Crippen molar-refractivity contribution in [3.05, 3.63) is 221 Å². The number of pyridine rings is 2. The van der Waals surface area contributed by atoms with Crippen LogP contribution in [-0.4, -0.2) is 18.3 Å². The third-order valence-electron chi connectivity index (χ3n) is 17.8. The van der Waals surface area contributed by atoms with Gasteiger partial charge in [0, 0.05) is 53.9 Å². The van der Waals surface area contributed by atoms with Crippen LogP contribution in [0.1, 0.15) is 101 Å². The minimum atomic E-state index is -0.474. The molecule has 0 saturated heterocycles. The number of aromatic nitrogens is 4. The minimum absolute atomic E-state index is 0.0264. The molecule has 0 spiro atoms. The highest BCUT2D eigenvalue weighted by molar-refractivity contribution is 6.40. The molecule has 0 saturated carbocycles. The van der Waals surface area contributed by atoms with Gasteiger partial charge in [-0.2, -0.15) is 0 Å². The molecule has 0 fully saturated rings. The second-order valence-electron chi connectivity index (χ2n) is 23.7. The molecule has 0 radical (unpaired) electrons. The monoisotopic (exact) mass is 1070 g/mol. The van der Waals surface area contributed by atoms with E-state index in [0.717, 1.165) is 65.9 Å². The van der Waals surface area contributed by atoms with Gasteiger partial charge in [-0.25, -0.2) is 9.13 Å². The maximum atomic E-state index is 16.1. The zero-order valence-electron chi connectivity index (χ0n) is 46.6. The quantitative estimate of drug-likeness (QED) is 0.111. The third-order valence-corrected chi connectivity index (χ3v) is 17.8. The summed E-state index contributed by atoms with van der Waals surface area (Å²) in [5.74, 6) is -0.106. The van der Waals surface area contributed by atoms with E-state index in [0.29, 0.717) is 88.2 Å². The van der Waals surface area contributed by atoms with Gasteiger partial charge in [-0.15, -0.1) is 0 Å². The molecule has 10 nitrogen and oxygen atoms in total. The Morgan fingerprint density at radius 1 is 0.293 bits per heavy atom. The van der Waals surface area contributed by atoms with E-state index in [4.69, 9.17) is 8.83 Å². The molecule has 16 aromatic rings. The molecular formula is C72H54N4O6. The van der Waals surface area contributed by atoms with Crippen LogP contribution in [0.15, 0.2) is 186 Å². The minimum Gasteiger partial charge on any atom is -0.454 e. The van der Waals surface area contributed by atoms with Gasteiger partial charge in [-0.3, -0.25) is 19.2 Å². The Hall–Kier alpha value is -9.80.